The van der Waals surface area contributed by atoms with Gasteiger partial charge in [-0.15, -0.1) is 0 Å². The van der Waals surface area contributed by atoms with Crippen LogP contribution in [0.25, 0.3) is 16.5 Å². The lowest BCUT2D eigenvalue weighted by Crippen LogP contribution is -2.46. The van der Waals surface area contributed by atoms with E-state index in [1.807, 2.05) is 61.2 Å². The predicted octanol–water partition coefficient (Wildman–Crippen LogP) is 5.88. The number of fused-ring (bicyclic) bond motifs is 2. The van der Waals surface area contributed by atoms with E-state index in [2.05, 4.69) is 51.6 Å². The van der Waals surface area contributed by atoms with Gasteiger partial charge in [-0.2, -0.15) is 14.8 Å². The van der Waals surface area contributed by atoms with Crippen molar-refractivity contribution in [2.24, 2.45) is 4.99 Å². The van der Waals surface area contributed by atoms with Crippen molar-refractivity contribution in [2.75, 3.05) is 37.0 Å². The van der Waals surface area contributed by atoms with Crippen LogP contribution in [0, 0.1) is 5.82 Å². The smallest absolute Gasteiger partial charge is 0.308 e. The van der Waals surface area contributed by atoms with Gasteiger partial charge in [0.2, 0.25) is 6.67 Å². The minimum absolute atomic E-state index is 0.0310. The topological polar surface area (TPSA) is 91.9 Å². The Morgan fingerprint density at radius 1 is 1.06 bits per heavy atom. The summed E-state index contributed by atoms with van der Waals surface area (Å²) in [4.78, 5) is 24.7. The van der Waals surface area contributed by atoms with Crippen LogP contribution in [0.15, 0.2) is 94.9 Å². The molecule has 0 unspecified atom stereocenters. The van der Waals surface area contributed by atoms with E-state index in [9.17, 15) is 9.90 Å². The maximum absolute atomic E-state index is 15.4. The molecule has 3 aromatic carbocycles. The molecular formula is C37H40FN7O2+. The van der Waals surface area contributed by atoms with Crippen molar-refractivity contribution >= 4 is 28.0 Å². The van der Waals surface area contributed by atoms with Crippen LogP contribution in [0.4, 0.5) is 15.8 Å². The highest BCUT2D eigenvalue weighted by molar-refractivity contribution is 6.06. The van der Waals surface area contributed by atoms with E-state index in [1.54, 1.807) is 12.3 Å². The number of halogens is 1. The summed E-state index contributed by atoms with van der Waals surface area (Å²) in [5.41, 5.74) is 4.60. The molecule has 0 bridgehead atoms. The van der Waals surface area contributed by atoms with Gasteiger partial charge in [0.05, 0.1) is 35.8 Å². The molecule has 1 aromatic heterocycles. The normalized spacial score (nSPS) is 17.6. The number of nitrogens with zero attached hydrogens (tertiary/aromatic N) is 6. The highest BCUT2D eigenvalue weighted by Gasteiger charge is 2.37. The molecule has 47 heavy (non-hydrogen) atoms. The van der Waals surface area contributed by atoms with Crippen molar-refractivity contribution in [3.05, 3.63) is 118 Å². The summed E-state index contributed by atoms with van der Waals surface area (Å²) >= 11 is 0. The quantitative estimate of drug-likeness (QED) is 0.258. The second-order valence-electron chi connectivity index (χ2n) is 13.7. The molecule has 1 saturated heterocycles. The summed E-state index contributed by atoms with van der Waals surface area (Å²) in [5.74, 6) is 0.784. The number of likely N-dealkylation sites (tertiary alicyclic amines) is 1. The SMILES string of the molecule is CN1CCC(c2ccc(NC3=CN(c4cccc(-n5ncc6cc(C(C)(C)C)cc(F)c6c5=O)c4CO)C[N+]4C=CN=C34)cc2)CC1. The standard InChI is InChI=1S/C37H40FN7O2/c1-37(2,3)27-18-26-20-40-45(36(47)34(26)30(38)19-27)33-7-5-6-32(29(33)22-46)44-21-31(35-39-14-17-43(35)23-44)41-28-10-8-24(9-11-28)25-12-15-42(4)16-13-25/h5-11,14,17-21,25,41,46H,12-13,15-16,22-23H2,1-4H3/q+1. The Balaban J connectivity index is 1.22. The summed E-state index contributed by atoms with van der Waals surface area (Å²) in [7, 11) is 2.18. The van der Waals surface area contributed by atoms with E-state index in [0.717, 1.165) is 35.9 Å². The van der Waals surface area contributed by atoms with E-state index in [1.165, 1.54) is 35.4 Å². The number of anilines is 2. The van der Waals surface area contributed by atoms with Gasteiger partial charge in [0.1, 0.15) is 11.5 Å². The highest BCUT2D eigenvalue weighted by atomic mass is 19.1. The Morgan fingerprint density at radius 3 is 2.53 bits per heavy atom. The number of rotatable bonds is 6. The second kappa shape index (κ2) is 12.2. The van der Waals surface area contributed by atoms with Gasteiger partial charge < -0.3 is 15.3 Å². The monoisotopic (exact) mass is 633 g/mol. The molecule has 9 nitrogen and oxygen atoms in total. The van der Waals surface area contributed by atoms with Crippen LogP contribution in [0.1, 0.15) is 56.2 Å². The van der Waals surface area contributed by atoms with Crippen LogP contribution in [0.5, 0.6) is 0 Å². The fourth-order valence-corrected chi connectivity index (χ4v) is 6.69. The van der Waals surface area contributed by atoms with Crippen molar-refractivity contribution in [1.29, 1.82) is 0 Å². The van der Waals surface area contributed by atoms with Crippen molar-refractivity contribution in [1.82, 2.24) is 19.6 Å². The summed E-state index contributed by atoms with van der Waals surface area (Å²) in [6.07, 6.45) is 9.49. The first-order valence-electron chi connectivity index (χ1n) is 16.1. The van der Waals surface area contributed by atoms with Crippen LogP contribution in [-0.2, 0) is 12.0 Å². The molecule has 0 amide bonds. The van der Waals surface area contributed by atoms with Gasteiger partial charge in [-0.05, 0) is 91.8 Å². The maximum atomic E-state index is 15.4. The first kappa shape index (κ1) is 31.0. The van der Waals surface area contributed by atoms with E-state index in [4.69, 9.17) is 0 Å². The summed E-state index contributed by atoms with van der Waals surface area (Å²) < 4.78 is 16.6. The Hall–Kier alpha value is -4.64. The summed E-state index contributed by atoms with van der Waals surface area (Å²) in [6, 6.07) is 17.3. The van der Waals surface area contributed by atoms with E-state index in [0.29, 0.717) is 34.9 Å². The van der Waals surface area contributed by atoms with Crippen molar-refractivity contribution in [3.8, 4) is 5.69 Å². The van der Waals surface area contributed by atoms with Crippen LogP contribution in [0.3, 0.4) is 0 Å². The van der Waals surface area contributed by atoms with Gasteiger partial charge in [0.25, 0.3) is 5.56 Å². The zero-order chi connectivity index (χ0) is 32.9. The van der Waals surface area contributed by atoms with E-state index < -0.39 is 11.4 Å². The third-order valence-electron chi connectivity index (χ3n) is 9.45. The molecule has 1 radical (unpaired) electrons. The third kappa shape index (κ3) is 5.88. The molecule has 3 aliphatic rings. The molecule has 1 fully saturated rings. The lowest BCUT2D eigenvalue weighted by molar-refractivity contribution is 0.255. The molecule has 241 valence electrons. The summed E-state index contributed by atoms with van der Waals surface area (Å²) in [6.45, 7) is 8.31. The number of amidine groups is 1. The van der Waals surface area contributed by atoms with E-state index >= 15 is 4.39 Å². The maximum Gasteiger partial charge on any atom is 0.308 e. The predicted molar refractivity (Wildman–Crippen MR) is 186 cm³/mol. The second-order valence-corrected chi connectivity index (χ2v) is 13.7. The van der Waals surface area contributed by atoms with Crippen molar-refractivity contribution in [3.63, 3.8) is 0 Å². The largest absolute Gasteiger partial charge is 0.392 e. The van der Waals surface area contributed by atoms with Crippen LogP contribution >= 0.6 is 0 Å². The molecule has 4 aromatic rings. The molecule has 10 heteroatoms. The number of aliphatic hydroxyl groups excluding tert-OH is 1. The number of aromatic nitrogens is 2. The van der Waals surface area contributed by atoms with E-state index in [-0.39, 0.29) is 17.4 Å². The lowest BCUT2D eigenvalue weighted by Gasteiger charge is -2.29. The third-order valence-corrected chi connectivity index (χ3v) is 9.45. The zero-order valence-corrected chi connectivity index (χ0v) is 27.2. The molecular weight excluding hydrogens is 593 g/mol. The Morgan fingerprint density at radius 2 is 1.81 bits per heavy atom. The number of hydrogen-bond acceptors (Lipinski definition) is 8. The van der Waals surface area contributed by atoms with Crippen LogP contribution in [-0.4, -0.2) is 52.4 Å². The average molecular weight is 634 g/mol. The number of nitrogens with one attached hydrogen (secondary N) is 1. The lowest BCUT2D eigenvalue weighted by atomic mass is 9.86. The first-order chi connectivity index (χ1) is 22.6. The van der Waals surface area contributed by atoms with Crippen molar-refractivity contribution in [2.45, 2.75) is 51.6 Å². The fraction of sp³-hybridized carbons (Fsp3) is 0.324. The van der Waals surface area contributed by atoms with Crippen molar-refractivity contribution < 1.29 is 9.50 Å². The van der Waals surface area contributed by atoms with Gasteiger partial charge in [-0.25, -0.2) is 4.39 Å². The van der Waals surface area contributed by atoms with Gasteiger partial charge in [-0.1, -0.05) is 43.9 Å². The molecule has 0 spiro atoms. The Bertz CT molecular complexity index is 1980. The van der Waals surface area contributed by atoms with Gasteiger partial charge in [0, 0.05) is 22.8 Å². The van der Waals surface area contributed by atoms with Crippen LogP contribution in [0.2, 0.25) is 0 Å². The molecule has 4 heterocycles. The number of piperidine rings is 1. The molecule has 0 saturated carbocycles. The number of aliphatic hydroxyl groups is 1. The molecule has 0 aliphatic carbocycles. The average Bonchev–Trinajstić information content (AvgIpc) is 3.54. The number of benzene rings is 3. The number of hydrogen-bond donors (Lipinski definition) is 2. The molecule has 0 atom stereocenters. The van der Waals surface area contributed by atoms with Crippen LogP contribution < -0.4 is 20.7 Å². The first-order valence-corrected chi connectivity index (χ1v) is 16.1. The Labute approximate surface area is 273 Å². The van der Waals surface area contributed by atoms with Gasteiger partial charge >= 0.3 is 5.84 Å². The molecule has 3 aliphatic heterocycles. The van der Waals surface area contributed by atoms with Gasteiger partial charge in [0.15, 0.2) is 6.20 Å². The Kier molecular flexibility index (Phi) is 8.03. The minimum atomic E-state index is -0.586. The fourth-order valence-electron chi connectivity index (χ4n) is 6.69. The summed E-state index contributed by atoms with van der Waals surface area (Å²) in [5, 5.41) is 19.1. The highest BCUT2D eigenvalue weighted by Crippen LogP contribution is 2.32. The van der Waals surface area contributed by atoms with Gasteiger partial charge in [-0.3, -0.25) is 9.69 Å². The minimum Gasteiger partial charge on any atom is -0.392 e. The zero-order valence-electron chi connectivity index (χ0n) is 27.2. The molecule has 7 rings (SSSR count). The molecule has 2 N–H and O–H groups in total. The number of aliphatic imine (C=N–C) groups is 1.